The third-order valence-corrected chi connectivity index (χ3v) is 1.85. The van der Waals surface area contributed by atoms with Gasteiger partial charge in [-0.15, -0.1) is 6.58 Å². The van der Waals surface area contributed by atoms with Gasteiger partial charge < -0.3 is 10.4 Å². The molecule has 0 aliphatic carbocycles. The van der Waals surface area contributed by atoms with Crippen molar-refractivity contribution in [1.82, 2.24) is 5.32 Å². The fraction of sp³-hybridized carbons (Fsp3) is 0.800. The van der Waals surface area contributed by atoms with E-state index in [-0.39, 0.29) is 6.10 Å². The summed E-state index contributed by atoms with van der Waals surface area (Å²) >= 11 is 0. The zero-order valence-corrected chi connectivity index (χ0v) is 8.27. The second-order valence-electron chi connectivity index (χ2n) is 3.31. The van der Waals surface area contributed by atoms with Gasteiger partial charge in [-0.25, -0.2) is 0 Å². The van der Waals surface area contributed by atoms with Crippen molar-refractivity contribution in [2.24, 2.45) is 0 Å². The fourth-order valence-electron chi connectivity index (χ4n) is 0.900. The quantitative estimate of drug-likeness (QED) is 0.451. The molecule has 2 nitrogen and oxygen atoms in total. The summed E-state index contributed by atoms with van der Waals surface area (Å²) in [6, 6.07) is 0. The highest BCUT2D eigenvalue weighted by Crippen LogP contribution is 1.95. The molecule has 0 rings (SSSR count). The number of aliphatic hydroxyl groups excluding tert-OH is 1. The van der Waals surface area contributed by atoms with Crippen molar-refractivity contribution >= 4 is 0 Å². The van der Waals surface area contributed by atoms with Gasteiger partial charge >= 0.3 is 0 Å². The summed E-state index contributed by atoms with van der Waals surface area (Å²) in [5, 5.41) is 12.5. The predicted molar refractivity (Wildman–Crippen MR) is 53.2 cm³/mol. The van der Waals surface area contributed by atoms with Gasteiger partial charge in [0.25, 0.3) is 0 Å². The van der Waals surface area contributed by atoms with Crippen molar-refractivity contribution in [2.75, 3.05) is 13.1 Å². The van der Waals surface area contributed by atoms with Crippen molar-refractivity contribution in [3.05, 3.63) is 12.2 Å². The molecule has 0 spiro atoms. The van der Waals surface area contributed by atoms with Crippen LogP contribution in [0, 0.1) is 0 Å². The molecule has 72 valence electrons. The molecule has 0 radical (unpaired) electrons. The Morgan fingerprint density at radius 1 is 1.50 bits per heavy atom. The SMILES string of the molecule is C=C(C)CCNCCC(O)CC. The summed E-state index contributed by atoms with van der Waals surface area (Å²) in [7, 11) is 0. The standard InChI is InChI=1S/C10H21NO/c1-4-10(12)6-8-11-7-5-9(2)3/h10-12H,2,4-8H2,1,3H3. The first-order valence-electron chi connectivity index (χ1n) is 4.70. The van der Waals surface area contributed by atoms with Crippen LogP contribution >= 0.6 is 0 Å². The van der Waals surface area contributed by atoms with Crippen LogP contribution in [0.4, 0.5) is 0 Å². The first-order chi connectivity index (χ1) is 5.66. The molecule has 2 heteroatoms. The highest BCUT2D eigenvalue weighted by atomic mass is 16.3. The topological polar surface area (TPSA) is 32.3 Å². The van der Waals surface area contributed by atoms with Gasteiger partial charge in [0.1, 0.15) is 0 Å². The molecular formula is C10H21NO. The van der Waals surface area contributed by atoms with Gasteiger partial charge in [0.05, 0.1) is 6.10 Å². The Kier molecular flexibility index (Phi) is 7.11. The number of aliphatic hydroxyl groups is 1. The molecule has 0 heterocycles. The van der Waals surface area contributed by atoms with E-state index in [1.165, 1.54) is 5.57 Å². The molecule has 0 aromatic rings. The first-order valence-corrected chi connectivity index (χ1v) is 4.70. The Hall–Kier alpha value is -0.340. The molecule has 0 bridgehead atoms. The second kappa shape index (κ2) is 7.32. The third kappa shape index (κ3) is 7.76. The van der Waals surface area contributed by atoms with E-state index in [0.717, 1.165) is 32.4 Å². The molecule has 1 atom stereocenters. The van der Waals surface area contributed by atoms with Crippen molar-refractivity contribution in [1.29, 1.82) is 0 Å². The number of hydrogen-bond donors (Lipinski definition) is 2. The lowest BCUT2D eigenvalue weighted by molar-refractivity contribution is 0.160. The summed E-state index contributed by atoms with van der Waals surface area (Å²) in [6.07, 6.45) is 2.60. The van der Waals surface area contributed by atoms with E-state index >= 15 is 0 Å². The van der Waals surface area contributed by atoms with Crippen LogP contribution in [-0.4, -0.2) is 24.3 Å². The first kappa shape index (κ1) is 11.7. The molecule has 0 aliphatic rings. The van der Waals surface area contributed by atoms with Crippen molar-refractivity contribution < 1.29 is 5.11 Å². The van der Waals surface area contributed by atoms with E-state index in [9.17, 15) is 5.11 Å². The van der Waals surface area contributed by atoms with E-state index in [1.54, 1.807) is 0 Å². The second-order valence-corrected chi connectivity index (χ2v) is 3.31. The molecule has 0 aromatic heterocycles. The highest BCUT2D eigenvalue weighted by Gasteiger charge is 1.98. The van der Waals surface area contributed by atoms with Crippen LogP contribution in [0.3, 0.4) is 0 Å². The Bertz CT molecular complexity index is 123. The molecule has 0 saturated carbocycles. The molecule has 0 aliphatic heterocycles. The average Bonchev–Trinajstić information content (AvgIpc) is 2.03. The monoisotopic (exact) mass is 171 g/mol. The molecule has 0 amide bonds. The lowest BCUT2D eigenvalue weighted by Crippen LogP contribution is -2.21. The minimum atomic E-state index is -0.137. The number of nitrogens with one attached hydrogen (secondary N) is 1. The molecule has 0 saturated heterocycles. The van der Waals surface area contributed by atoms with E-state index in [1.807, 2.05) is 13.8 Å². The zero-order chi connectivity index (χ0) is 9.40. The molecule has 0 fully saturated rings. The largest absolute Gasteiger partial charge is 0.393 e. The Morgan fingerprint density at radius 3 is 2.67 bits per heavy atom. The molecule has 2 N–H and O–H groups in total. The summed E-state index contributed by atoms with van der Waals surface area (Å²) < 4.78 is 0. The van der Waals surface area contributed by atoms with Crippen LogP contribution in [0.25, 0.3) is 0 Å². The Balaban J connectivity index is 3.05. The molecule has 0 aromatic carbocycles. The van der Waals surface area contributed by atoms with Crippen molar-refractivity contribution in [2.45, 2.75) is 39.2 Å². The van der Waals surface area contributed by atoms with Gasteiger partial charge in [-0.2, -0.15) is 0 Å². The maximum Gasteiger partial charge on any atom is 0.0549 e. The molecule has 12 heavy (non-hydrogen) atoms. The average molecular weight is 171 g/mol. The van der Waals surface area contributed by atoms with Crippen LogP contribution < -0.4 is 5.32 Å². The third-order valence-electron chi connectivity index (χ3n) is 1.85. The minimum Gasteiger partial charge on any atom is -0.393 e. The smallest absolute Gasteiger partial charge is 0.0549 e. The highest BCUT2D eigenvalue weighted by molar-refractivity contribution is 4.88. The Labute approximate surface area is 75.7 Å². The fourth-order valence-corrected chi connectivity index (χ4v) is 0.900. The number of hydrogen-bond acceptors (Lipinski definition) is 2. The lowest BCUT2D eigenvalue weighted by atomic mass is 10.2. The van der Waals surface area contributed by atoms with Gasteiger partial charge in [-0.3, -0.25) is 0 Å². The van der Waals surface area contributed by atoms with Crippen LogP contribution in [0.1, 0.15) is 33.1 Å². The minimum absolute atomic E-state index is 0.137. The molecular weight excluding hydrogens is 150 g/mol. The van der Waals surface area contributed by atoms with Crippen LogP contribution in [0.15, 0.2) is 12.2 Å². The van der Waals surface area contributed by atoms with Crippen LogP contribution in [0.5, 0.6) is 0 Å². The van der Waals surface area contributed by atoms with Gasteiger partial charge in [0, 0.05) is 0 Å². The summed E-state index contributed by atoms with van der Waals surface area (Å²) in [4.78, 5) is 0. The van der Waals surface area contributed by atoms with Crippen LogP contribution in [0.2, 0.25) is 0 Å². The van der Waals surface area contributed by atoms with Crippen molar-refractivity contribution in [3.8, 4) is 0 Å². The number of rotatable bonds is 7. The maximum absolute atomic E-state index is 9.21. The van der Waals surface area contributed by atoms with Crippen molar-refractivity contribution in [3.63, 3.8) is 0 Å². The summed E-state index contributed by atoms with van der Waals surface area (Å²) in [5.41, 5.74) is 1.21. The van der Waals surface area contributed by atoms with E-state index in [2.05, 4.69) is 11.9 Å². The van der Waals surface area contributed by atoms with Gasteiger partial charge in [0.2, 0.25) is 0 Å². The maximum atomic E-state index is 9.21. The van der Waals surface area contributed by atoms with E-state index < -0.39 is 0 Å². The van der Waals surface area contributed by atoms with Gasteiger partial charge in [-0.05, 0) is 39.3 Å². The predicted octanol–water partition coefficient (Wildman–Crippen LogP) is 1.70. The zero-order valence-electron chi connectivity index (χ0n) is 8.27. The summed E-state index contributed by atoms with van der Waals surface area (Å²) in [6.45, 7) is 9.73. The van der Waals surface area contributed by atoms with Gasteiger partial charge in [0.15, 0.2) is 0 Å². The van der Waals surface area contributed by atoms with E-state index in [0.29, 0.717) is 0 Å². The normalized spacial score (nSPS) is 12.9. The summed E-state index contributed by atoms with van der Waals surface area (Å²) in [5.74, 6) is 0. The van der Waals surface area contributed by atoms with E-state index in [4.69, 9.17) is 0 Å². The molecule has 1 unspecified atom stereocenters. The van der Waals surface area contributed by atoms with Gasteiger partial charge in [-0.1, -0.05) is 12.5 Å². The Morgan fingerprint density at radius 2 is 2.17 bits per heavy atom. The van der Waals surface area contributed by atoms with Crippen LogP contribution in [-0.2, 0) is 0 Å². The lowest BCUT2D eigenvalue weighted by Gasteiger charge is -2.08.